The van der Waals surface area contributed by atoms with Crippen LogP contribution in [-0.2, 0) is 4.74 Å². The lowest BCUT2D eigenvalue weighted by Crippen LogP contribution is -2.61. The molecule has 0 radical (unpaired) electrons. The minimum absolute atomic E-state index is 0.104. The molecule has 3 atom stereocenters. The Morgan fingerprint density at radius 1 is 1.30 bits per heavy atom. The monoisotopic (exact) mass is 372 g/mol. The Hall–Kier alpha value is -1.73. The largest absolute Gasteiger partial charge is 0.390 e. The van der Waals surface area contributed by atoms with Gasteiger partial charge in [-0.05, 0) is 62.7 Å². The summed E-state index contributed by atoms with van der Waals surface area (Å²) in [5.41, 5.74) is 0.721. The Morgan fingerprint density at radius 2 is 2.07 bits per heavy atom. The molecule has 1 aromatic heterocycles. The van der Waals surface area contributed by atoms with Crippen LogP contribution in [0.1, 0.15) is 67.1 Å². The lowest BCUT2D eigenvalue weighted by molar-refractivity contribution is -0.136. The second-order valence-corrected chi connectivity index (χ2v) is 8.94. The van der Waals surface area contributed by atoms with Gasteiger partial charge in [0.2, 0.25) is 5.95 Å². The zero-order chi connectivity index (χ0) is 18.6. The van der Waals surface area contributed by atoms with Gasteiger partial charge in [-0.15, -0.1) is 0 Å². The third kappa shape index (κ3) is 3.01. The summed E-state index contributed by atoms with van der Waals surface area (Å²) < 4.78 is 5.80. The van der Waals surface area contributed by atoms with E-state index < -0.39 is 5.60 Å². The summed E-state index contributed by atoms with van der Waals surface area (Å²) in [5, 5.41) is 17.0. The van der Waals surface area contributed by atoms with Gasteiger partial charge >= 0.3 is 0 Å². The molecule has 146 valence electrons. The molecule has 2 heterocycles. The Labute approximate surface area is 159 Å². The average Bonchev–Trinajstić information content (AvgIpc) is 3.17. The highest BCUT2D eigenvalue weighted by Crippen LogP contribution is 2.55. The molecule has 0 spiro atoms. The molecule has 4 aliphatic carbocycles. The van der Waals surface area contributed by atoms with Gasteiger partial charge in [-0.25, -0.2) is 9.97 Å². The van der Waals surface area contributed by atoms with Crippen molar-refractivity contribution in [2.24, 2.45) is 17.8 Å². The van der Waals surface area contributed by atoms with E-state index in [0.29, 0.717) is 41.6 Å². The number of hydrogen-bond acceptors (Lipinski definition) is 6. The van der Waals surface area contributed by atoms with E-state index in [9.17, 15) is 9.90 Å². The van der Waals surface area contributed by atoms with Crippen LogP contribution in [0.4, 0.5) is 5.95 Å². The molecule has 0 aromatic carbocycles. The van der Waals surface area contributed by atoms with Crippen molar-refractivity contribution >= 4 is 11.9 Å². The molecule has 6 rings (SSSR count). The molecule has 4 saturated carbocycles. The van der Waals surface area contributed by atoms with Crippen molar-refractivity contribution in [1.82, 2.24) is 15.3 Å². The van der Waals surface area contributed by atoms with Crippen LogP contribution in [0.25, 0.3) is 0 Å². The van der Waals surface area contributed by atoms with E-state index in [2.05, 4.69) is 20.6 Å². The summed E-state index contributed by atoms with van der Waals surface area (Å²) >= 11 is 0. The van der Waals surface area contributed by atoms with Gasteiger partial charge < -0.3 is 20.5 Å². The van der Waals surface area contributed by atoms with E-state index in [4.69, 9.17) is 4.74 Å². The van der Waals surface area contributed by atoms with E-state index >= 15 is 0 Å². The highest BCUT2D eigenvalue weighted by atomic mass is 16.5. The highest BCUT2D eigenvalue weighted by Gasteiger charge is 2.55. The van der Waals surface area contributed by atoms with Crippen LogP contribution in [0.5, 0.6) is 0 Å². The fourth-order valence-corrected chi connectivity index (χ4v) is 6.18. The summed E-state index contributed by atoms with van der Waals surface area (Å²) in [5.74, 6) is 1.80. The predicted octanol–water partition coefficient (Wildman–Crippen LogP) is 2.04. The number of nitrogens with one attached hydrogen (secondary N) is 2. The third-order valence-corrected chi connectivity index (χ3v) is 7.06. The minimum Gasteiger partial charge on any atom is -0.390 e. The Balaban J connectivity index is 1.38. The maximum atomic E-state index is 13.2. The topological polar surface area (TPSA) is 96.4 Å². The molecule has 1 aromatic rings. The van der Waals surface area contributed by atoms with Gasteiger partial charge in [-0.2, -0.15) is 0 Å². The molecular formula is C20H28N4O3. The summed E-state index contributed by atoms with van der Waals surface area (Å²) in [7, 11) is 1.77. The highest BCUT2D eigenvalue weighted by molar-refractivity contribution is 5.95. The number of ether oxygens (including phenoxy) is 1. The van der Waals surface area contributed by atoms with Crippen LogP contribution in [0.15, 0.2) is 6.20 Å². The molecule has 1 saturated heterocycles. The Morgan fingerprint density at radius 3 is 2.70 bits per heavy atom. The zero-order valence-corrected chi connectivity index (χ0v) is 15.8. The molecule has 7 heteroatoms. The molecule has 1 amide bonds. The quantitative estimate of drug-likeness (QED) is 0.748. The molecule has 5 aliphatic rings. The SMILES string of the molecule is CNc1ncc(C(=O)NC2C3CC4CC2CC(O)(C4)C3)c(C2CCCO2)n1. The van der Waals surface area contributed by atoms with Crippen molar-refractivity contribution in [2.75, 3.05) is 19.0 Å². The lowest BCUT2D eigenvalue weighted by atomic mass is 9.52. The van der Waals surface area contributed by atoms with Crippen molar-refractivity contribution in [3.8, 4) is 0 Å². The van der Waals surface area contributed by atoms with Gasteiger partial charge in [-0.1, -0.05) is 0 Å². The molecular weight excluding hydrogens is 344 g/mol. The van der Waals surface area contributed by atoms with E-state index in [-0.39, 0.29) is 18.1 Å². The molecule has 3 unspecified atom stereocenters. The van der Waals surface area contributed by atoms with Gasteiger partial charge in [0.15, 0.2) is 0 Å². The summed E-state index contributed by atoms with van der Waals surface area (Å²) in [6.45, 7) is 0.706. The fourth-order valence-electron chi connectivity index (χ4n) is 6.18. The first-order valence-corrected chi connectivity index (χ1v) is 10.2. The van der Waals surface area contributed by atoms with Gasteiger partial charge in [0.25, 0.3) is 5.91 Å². The van der Waals surface area contributed by atoms with Crippen LogP contribution in [0, 0.1) is 17.8 Å². The van der Waals surface area contributed by atoms with Crippen molar-refractivity contribution in [2.45, 2.75) is 62.7 Å². The van der Waals surface area contributed by atoms with Crippen LogP contribution in [0.2, 0.25) is 0 Å². The Kier molecular flexibility index (Phi) is 4.13. The molecule has 3 N–H and O–H groups in total. The smallest absolute Gasteiger partial charge is 0.255 e. The molecule has 27 heavy (non-hydrogen) atoms. The third-order valence-electron chi connectivity index (χ3n) is 7.06. The van der Waals surface area contributed by atoms with Crippen LogP contribution in [-0.4, -0.2) is 46.3 Å². The van der Waals surface area contributed by atoms with Crippen molar-refractivity contribution in [3.05, 3.63) is 17.5 Å². The maximum absolute atomic E-state index is 13.2. The van der Waals surface area contributed by atoms with E-state index in [1.807, 2.05) is 0 Å². The number of nitrogens with zero attached hydrogens (tertiary/aromatic N) is 2. The van der Waals surface area contributed by atoms with Crippen LogP contribution in [0.3, 0.4) is 0 Å². The normalized spacial score (nSPS) is 39.6. The maximum Gasteiger partial charge on any atom is 0.255 e. The second kappa shape index (κ2) is 6.41. The van der Waals surface area contributed by atoms with Crippen LogP contribution >= 0.6 is 0 Å². The molecule has 5 fully saturated rings. The standard InChI is InChI=1S/C20H28N4O3/c1-21-19-22-10-14(17(24-19)15-3-2-4-27-15)18(25)23-16-12-5-11-6-13(16)9-20(26,7-11)8-12/h10-13,15-16,26H,2-9H2,1H3,(H,23,25)(H,21,22,24). The number of aromatic nitrogens is 2. The van der Waals surface area contributed by atoms with Gasteiger partial charge in [-0.3, -0.25) is 4.79 Å². The predicted molar refractivity (Wildman–Crippen MR) is 99.3 cm³/mol. The summed E-state index contributed by atoms with van der Waals surface area (Å²) in [6, 6.07) is 0.149. The summed E-state index contributed by atoms with van der Waals surface area (Å²) in [6.07, 6.45) is 8.17. The first-order chi connectivity index (χ1) is 13.0. The van der Waals surface area contributed by atoms with Crippen molar-refractivity contribution in [3.63, 3.8) is 0 Å². The average molecular weight is 372 g/mol. The van der Waals surface area contributed by atoms with Gasteiger partial charge in [0.05, 0.1) is 16.9 Å². The first kappa shape index (κ1) is 17.4. The van der Waals surface area contributed by atoms with Crippen molar-refractivity contribution in [1.29, 1.82) is 0 Å². The minimum atomic E-state index is -0.488. The lowest BCUT2D eigenvalue weighted by Gasteiger charge is -2.58. The number of anilines is 1. The number of hydrogen-bond donors (Lipinski definition) is 3. The number of carbonyl (C=O) groups excluding carboxylic acids is 1. The fraction of sp³-hybridized carbons (Fsp3) is 0.750. The zero-order valence-electron chi connectivity index (χ0n) is 15.8. The molecule has 7 nitrogen and oxygen atoms in total. The van der Waals surface area contributed by atoms with Crippen LogP contribution < -0.4 is 10.6 Å². The number of carbonyl (C=O) groups is 1. The Bertz CT molecular complexity index is 733. The number of amides is 1. The van der Waals surface area contributed by atoms with Crippen molar-refractivity contribution < 1.29 is 14.6 Å². The summed E-state index contributed by atoms with van der Waals surface area (Å²) in [4.78, 5) is 22.0. The van der Waals surface area contributed by atoms with E-state index in [1.165, 1.54) is 0 Å². The second-order valence-electron chi connectivity index (χ2n) is 8.94. The van der Waals surface area contributed by atoms with E-state index in [1.54, 1.807) is 13.2 Å². The number of rotatable bonds is 4. The first-order valence-electron chi connectivity index (χ1n) is 10.2. The molecule has 4 bridgehead atoms. The molecule has 1 aliphatic heterocycles. The van der Waals surface area contributed by atoms with Gasteiger partial charge in [0, 0.05) is 25.9 Å². The van der Waals surface area contributed by atoms with E-state index in [0.717, 1.165) is 44.9 Å². The number of aliphatic hydroxyl groups is 1. The van der Waals surface area contributed by atoms with Gasteiger partial charge in [0.1, 0.15) is 6.10 Å².